The van der Waals surface area contributed by atoms with E-state index >= 15 is 0 Å². The summed E-state index contributed by atoms with van der Waals surface area (Å²) in [5.41, 5.74) is 0. The number of hydrogen-bond acceptors (Lipinski definition) is 0. The van der Waals surface area contributed by atoms with Crippen LogP contribution < -0.4 is 0 Å². The Kier molecular flexibility index (Phi) is 1.44. The normalized spacial score (nSPS) is 30.4. The lowest BCUT2D eigenvalue weighted by molar-refractivity contribution is 2.27. The van der Waals surface area contributed by atoms with Gasteiger partial charge >= 0.3 is 0 Å². The first kappa shape index (κ1) is 3.78. The Labute approximate surface area is 35.6 Å². The summed E-state index contributed by atoms with van der Waals surface area (Å²) in [6.07, 6.45) is 0. The summed E-state index contributed by atoms with van der Waals surface area (Å²) in [4.78, 5) is 0. The first-order valence-electron chi connectivity index (χ1n) is 1.62. The summed E-state index contributed by atoms with van der Waals surface area (Å²) in [5.74, 6) is 6.00. The molecule has 0 aliphatic carbocycles. The Morgan fingerprint density at radius 2 is 1.80 bits per heavy atom. The average molecular weight is 104 g/mol. The molecule has 0 N–H and O–H groups in total. The largest absolute Gasteiger partial charge is 0.0939 e. The Bertz CT molecular complexity index is 42.9. The van der Waals surface area contributed by atoms with Crippen LogP contribution in [0.2, 0.25) is 0 Å². The molecule has 2 unspecified atom stereocenters. The van der Waals surface area contributed by atoms with E-state index < -0.39 is 0 Å². The van der Waals surface area contributed by atoms with Crippen LogP contribution in [0.15, 0.2) is 11.6 Å². The number of rotatable bonds is 0. The first-order valence-corrected chi connectivity index (χ1v) is 4.19. The molecule has 0 aromatic carbocycles. The van der Waals surface area contributed by atoms with Gasteiger partial charge in [0.15, 0.2) is 0 Å². The quantitative estimate of drug-likeness (QED) is 0.411. The van der Waals surface area contributed by atoms with Crippen LogP contribution in [0.5, 0.6) is 0 Å². The predicted molar refractivity (Wildman–Crippen MR) is 30.6 cm³/mol. The van der Waals surface area contributed by atoms with Gasteiger partial charge in [0, 0.05) is 0 Å². The van der Waals surface area contributed by atoms with E-state index in [9.17, 15) is 0 Å². The van der Waals surface area contributed by atoms with Gasteiger partial charge in [-0.1, -0.05) is 28.8 Å². The average Bonchev–Trinajstić information content (AvgIpc) is 1.76. The monoisotopic (exact) mass is 104 g/mol. The molecule has 0 aromatic heterocycles. The van der Waals surface area contributed by atoms with Gasteiger partial charge in [0.1, 0.15) is 0 Å². The molecule has 0 spiro atoms. The van der Waals surface area contributed by atoms with Crippen LogP contribution in [-0.4, -0.2) is 5.90 Å². The maximum atomic E-state index is 2.28. The van der Waals surface area contributed by atoms with Gasteiger partial charge in [0.05, 0.1) is 0 Å². The summed E-state index contributed by atoms with van der Waals surface area (Å²) in [6.45, 7) is 0. The van der Waals surface area contributed by atoms with Gasteiger partial charge in [-0.15, -0.1) is 0 Å². The van der Waals surface area contributed by atoms with E-state index in [1.165, 1.54) is 5.90 Å². The van der Waals surface area contributed by atoms with Gasteiger partial charge < -0.3 is 0 Å². The minimum absolute atomic E-state index is 1.14. The Morgan fingerprint density at radius 1 is 1.20 bits per heavy atom. The lowest BCUT2D eigenvalue weighted by atomic mass is 11.3. The molecule has 2 atom stereocenters. The van der Waals surface area contributed by atoms with Crippen LogP contribution >= 0.6 is 17.2 Å². The SMILES string of the molecule is C1=CPCP1. The van der Waals surface area contributed by atoms with Crippen LogP contribution in [0.25, 0.3) is 0 Å². The second-order valence-corrected chi connectivity index (χ2v) is 3.82. The molecule has 1 aliphatic heterocycles. The minimum Gasteiger partial charge on any atom is -0.0939 e. The third kappa shape index (κ3) is 0.992. The van der Waals surface area contributed by atoms with Crippen LogP contribution in [-0.2, 0) is 0 Å². The highest BCUT2D eigenvalue weighted by atomic mass is 31.1. The molecule has 2 heteroatoms. The van der Waals surface area contributed by atoms with Crippen molar-refractivity contribution in [3.05, 3.63) is 11.6 Å². The molecule has 0 saturated heterocycles. The third-order valence-corrected chi connectivity index (χ3v) is 3.29. The van der Waals surface area contributed by atoms with Gasteiger partial charge in [0.2, 0.25) is 0 Å². The maximum absolute atomic E-state index is 2.28. The second kappa shape index (κ2) is 1.90. The molecular weight excluding hydrogens is 98.0 g/mol. The minimum atomic E-state index is 1.14. The second-order valence-electron chi connectivity index (χ2n) is 0.918. The molecule has 1 heterocycles. The Morgan fingerprint density at radius 3 is 2.00 bits per heavy atom. The van der Waals surface area contributed by atoms with Crippen molar-refractivity contribution in [3.8, 4) is 0 Å². The van der Waals surface area contributed by atoms with Crippen molar-refractivity contribution in [2.45, 2.75) is 0 Å². The van der Waals surface area contributed by atoms with Crippen molar-refractivity contribution in [2.75, 3.05) is 5.90 Å². The number of hydrogen-bond donors (Lipinski definition) is 0. The lowest BCUT2D eigenvalue weighted by Crippen LogP contribution is -1.34. The van der Waals surface area contributed by atoms with Crippen molar-refractivity contribution in [1.29, 1.82) is 0 Å². The molecule has 0 saturated carbocycles. The maximum Gasteiger partial charge on any atom is -0.0106 e. The fourth-order valence-corrected chi connectivity index (χ4v) is 2.65. The highest BCUT2D eigenvalue weighted by Crippen LogP contribution is 2.33. The van der Waals surface area contributed by atoms with Crippen LogP contribution in [0, 0.1) is 0 Å². The molecule has 1 rings (SSSR count). The van der Waals surface area contributed by atoms with E-state index in [0.717, 1.165) is 17.2 Å². The van der Waals surface area contributed by atoms with E-state index in [4.69, 9.17) is 0 Å². The van der Waals surface area contributed by atoms with Crippen LogP contribution in [0.3, 0.4) is 0 Å². The molecule has 0 aromatic rings. The summed E-state index contributed by atoms with van der Waals surface area (Å²) in [6, 6.07) is 0. The van der Waals surface area contributed by atoms with Gasteiger partial charge in [0.25, 0.3) is 0 Å². The van der Waals surface area contributed by atoms with Crippen molar-refractivity contribution < 1.29 is 0 Å². The van der Waals surface area contributed by atoms with Gasteiger partial charge in [-0.2, -0.15) is 0 Å². The standard InChI is InChI=1S/C3H6P2/c1-2-5-3-4-1/h1-2,4-5H,3H2. The van der Waals surface area contributed by atoms with E-state index in [0.29, 0.717) is 0 Å². The van der Waals surface area contributed by atoms with Crippen molar-refractivity contribution >= 4 is 17.2 Å². The van der Waals surface area contributed by atoms with Gasteiger partial charge in [-0.25, -0.2) is 0 Å². The fraction of sp³-hybridized carbons (Fsp3) is 0.333. The third-order valence-electron chi connectivity index (χ3n) is 0.523. The summed E-state index contributed by atoms with van der Waals surface area (Å²) in [7, 11) is 2.28. The summed E-state index contributed by atoms with van der Waals surface area (Å²) < 4.78 is 0. The van der Waals surface area contributed by atoms with Crippen molar-refractivity contribution in [1.82, 2.24) is 0 Å². The van der Waals surface area contributed by atoms with Crippen LogP contribution in [0.4, 0.5) is 0 Å². The Hall–Kier alpha value is 0.600. The zero-order valence-corrected chi connectivity index (χ0v) is 4.86. The molecule has 0 nitrogen and oxygen atoms in total. The fourth-order valence-electron chi connectivity index (χ4n) is 0.295. The van der Waals surface area contributed by atoms with E-state index in [1.54, 1.807) is 0 Å². The zero-order valence-electron chi connectivity index (χ0n) is 2.86. The van der Waals surface area contributed by atoms with E-state index in [1.807, 2.05) is 0 Å². The molecular formula is C3H6P2. The highest BCUT2D eigenvalue weighted by molar-refractivity contribution is 7.63. The smallest absolute Gasteiger partial charge is 0.0106 e. The van der Waals surface area contributed by atoms with Crippen molar-refractivity contribution in [3.63, 3.8) is 0 Å². The van der Waals surface area contributed by atoms with E-state index in [-0.39, 0.29) is 0 Å². The Balaban J connectivity index is 2.32. The van der Waals surface area contributed by atoms with E-state index in [2.05, 4.69) is 11.6 Å². The molecule has 0 bridgehead atoms. The lowest BCUT2D eigenvalue weighted by Gasteiger charge is -1.70. The highest BCUT2D eigenvalue weighted by Gasteiger charge is 1.83. The molecule has 0 radical (unpaired) electrons. The zero-order chi connectivity index (χ0) is 3.54. The summed E-state index contributed by atoms with van der Waals surface area (Å²) >= 11 is 0. The van der Waals surface area contributed by atoms with Crippen molar-refractivity contribution in [2.24, 2.45) is 0 Å². The van der Waals surface area contributed by atoms with Gasteiger partial charge in [-0.05, 0) is 5.90 Å². The molecule has 28 valence electrons. The predicted octanol–water partition coefficient (Wildman–Crippen LogP) is 1.79. The molecule has 0 amide bonds. The molecule has 1 aliphatic rings. The topological polar surface area (TPSA) is 0 Å². The van der Waals surface area contributed by atoms with Crippen LogP contribution in [0.1, 0.15) is 0 Å². The summed E-state index contributed by atoms with van der Waals surface area (Å²) in [5, 5.41) is 0. The molecule has 0 fully saturated rings. The first-order chi connectivity index (χ1) is 2.50. The van der Waals surface area contributed by atoms with Gasteiger partial charge in [-0.3, -0.25) is 0 Å². The molecule has 5 heavy (non-hydrogen) atoms.